The van der Waals surface area contributed by atoms with Gasteiger partial charge in [-0.25, -0.2) is 12.8 Å². The Kier molecular flexibility index (Phi) is 9.32. The van der Waals surface area contributed by atoms with Gasteiger partial charge in [-0.1, -0.05) is 23.7 Å². The molecule has 3 aromatic rings. The highest BCUT2D eigenvalue weighted by molar-refractivity contribution is 7.92. The zero-order valence-electron chi connectivity index (χ0n) is 23.8. The molecule has 224 valence electrons. The molecule has 42 heavy (non-hydrogen) atoms. The van der Waals surface area contributed by atoms with Gasteiger partial charge in [0.15, 0.2) is 11.5 Å². The number of nitrogens with zero attached hydrogens (tertiary/aromatic N) is 2. The lowest BCUT2D eigenvalue weighted by Gasteiger charge is -2.33. The second-order valence-corrected chi connectivity index (χ2v) is 13.2. The van der Waals surface area contributed by atoms with Gasteiger partial charge < -0.3 is 19.7 Å². The molecule has 0 spiro atoms. The van der Waals surface area contributed by atoms with Crippen LogP contribution in [-0.4, -0.2) is 56.5 Å². The third-order valence-corrected chi connectivity index (χ3v) is 8.41. The monoisotopic (exact) mass is 617 g/mol. The average molecular weight is 618 g/mol. The van der Waals surface area contributed by atoms with Gasteiger partial charge >= 0.3 is 0 Å². The van der Waals surface area contributed by atoms with Crippen molar-refractivity contribution in [1.82, 2.24) is 10.2 Å². The van der Waals surface area contributed by atoms with Crippen LogP contribution in [0.2, 0.25) is 5.02 Å². The molecule has 4 rings (SSSR count). The SMILES string of the molecule is CC(C(=O)NC(C)(C)C)N(Cc1cccc(Cl)c1)C(=O)CN(c1ccc(F)cc1)S(=O)(=O)c1ccc2c(c1)OCCO2. The van der Waals surface area contributed by atoms with Gasteiger partial charge in [-0.15, -0.1) is 0 Å². The Labute approximate surface area is 250 Å². The molecule has 3 aromatic carbocycles. The highest BCUT2D eigenvalue weighted by atomic mass is 35.5. The van der Waals surface area contributed by atoms with Gasteiger partial charge in [0.25, 0.3) is 10.0 Å². The summed E-state index contributed by atoms with van der Waals surface area (Å²) in [6.45, 7) is 6.92. The molecule has 12 heteroatoms. The maximum Gasteiger partial charge on any atom is 0.264 e. The minimum Gasteiger partial charge on any atom is -0.486 e. The minimum atomic E-state index is -4.38. The summed E-state index contributed by atoms with van der Waals surface area (Å²) in [5, 5.41) is 3.31. The number of carbonyl (C=O) groups excluding carboxylic acids is 2. The Morgan fingerprint density at radius 3 is 2.31 bits per heavy atom. The second-order valence-electron chi connectivity index (χ2n) is 10.9. The quantitative estimate of drug-likeness (QED) is 0.371. The van der Waals surface area contributed by atoms with Crippen LogP contribution in [0.1, 0.15) is 33.3 Å². The Hall–Kier alpha value is -3.83. The number of halogens is 2. The minimum absolute atomic E-state index is 0.0144. The molecule has 1 aliphatic rings. The van der Waals surface area contributed by atoms with E-state index < -0.39 is 45.8 Å². The van der Waals surface area contributed by atoms with E-state index in [1.807, 2.05) is 20.8 Å². The lowest BCUT2D eigenvalue weighted by atomic mass is 10.1. The van der Waals surface area contributed by atoms with Crippen LogP contribution in [-0.2, 0) is 26.2 Å². The van der Waals surface area contributed by atoms with Crippen molar-refractivity contribution in [3.05, 3.63) is 83.1 Å². The molecule has 0 fully saturated rings. The molecule has 1 unspecified atom stereocenters. The molecule has 1 heterocycles. The Morgan fingerprint density at radius 1 is 1.00 bits per heavy atom. The predicted octanol–water partition coefficient (Wildman–Crippen LogP) is 4.78. The fourth-order valence-corrected chi connectivity index (χ4v) is 5.98. The van der Waals surface area contributed by atoms with E-state index in [0.29, 0.717) is 22.9 Å². The van der Waals surface area contributed by atoms with E-state index in [-0.39, 0.29) is 29.5 Å². The van der Waals surface area contributed by atoms with Crippen molar-refractivity contribution >= 4 is 39.1 Å². The van der Waals surface area contributed by atoms with Gasteiger partial charge in [0.05, 0.1) is 10.6 Å². The molecule has 0 radical (unpaired) electrons. The van der Waals surface area contributed by atoms with E-state index in [0.717, 1.165) is 16.4 Å². The molecule has 1 atom stereocenters. The fraction of sp³-hybridized carbons (Fsp3) is 0.333. The number of benzene rings is 3. The number of hydrogen-bond acceptors (Lipinski definition) is 6. The number of carbonyl (C=O) groups is 2. The highest BCUT2D eigenvalue weighted by Gasteiger charge is 2.34. The van der Waals surface area contributed by atoms with Gasteiger partial charge in [-0.05, 0) is 81.8 Å². The first kappa shape index (κ1) is 31.1. The predicted molar refractivity (Wildman–Crippen MR) is 158 cm³/mol. The molecule has 2 amide bonds. The summed E-state index contributed by atoms with van der Waals surface area (Å²) in [4.78, 5) is 28.3. The second kappa shape index (κ2) is 12.6. The van der Waals surface area contributed by atoms with Gasteiger partial charge in [0.2, 0.25) is 11.8 Å². The van der Waals surface area contributed by atoms with Crippen molar-refractivity contribution in [2.45, 2.75) is 50.7 Å². The number of hydrogen-bond donors (Lipinski definition) is 1. The molecule has 0 saturated carbocycles. The lowest BCUT2D eigenvalue weighted by Crippen LogP contribution is -2.54. The normalized spacial score (nSPS) is 13.7. The third kappa shape index (κ3) is 7.51. The van der Waals surface area contributed by atoms with Crippen molar-refractivity contribution in [3.63, 3.8) is 0 Å². The van der Waals surface area contributed by atoms with Gasteiger partial charge in [0, 0.05) is 23.2 Å². The molecule has 1 aliphatic heterocycles. The number of fused-ring (bicyclic) bond motifs is 1. The van der Waals surface area contributed by atoms with Crippen molar-refractivity contribution in [2.24, 2.45) is 0 Å². The number of rotatable bonds is 9. The van der Waals surface area contributed by atoms with E-state index in [1.54, 1.807) is 31.2 Å². The number of sulfonamides is 1. The molecular weight excluding hydrogens is 585 g/mol. The van der Waals surface area contributed by atoms with Crippen molar-refractivity contribution in [3.8, 4) is 11.5 Å². The maximum atomic E-state index is 14.0. The molecule has 1 N–H and O–H groups in total. The van der Waals surface area contributed by atoms with Crippen molar-refractivity contribution in [2.75, 3.05) is 24.1 Å². The third-order valence-electron chi connectivity index (χ3n) is 6.40. The first-order valence-electron chi connectivity index (χ1n) is 13.3. The largest absolute Gasteiger partial charge is 0.486 e. The van der Waals surface area contributed by atoms with E-state index in [4.69, 9.17) is 21.1 Å². The number of nitrogens with one attached hydrogen (secondary N) is 1. The Balaban J connectivity index is 1.73. The Bertz CT molecular complexity index is 1560. The smallest absolute Gasteiger partial charge is 0.264 e. The van der Waals surface area contributed by atoms with Crippen LogP contribution in [0.4, 0.5) is 10.1 Å². The fourth-order valence-electron chi connectivity index (χ4n) is 4.34. The van der Waals surface area contributed by atoms with Crippen molar-refractivity contribution < 1.29 is 31.9 Å². The summed E-state index contributed by atoms with van der Waals surface area (Å²) in [5.74, 6) is -0.992. The lowest BCUT2D eigenvalue weighted by molar-refractivity contribution is -0.140. The topological polar surface area (TPSA) is 105 Å². The maximum absolute atomic E-state index is 14.0. The van der Waals surface area contributed by atoms with Gasteiger partial charge in [-0.2, -0.15) is 0 Å². The summed E-state index contributed by atoms with van der Waals surface area (Å²) < 4.78 is 53.8. The van der Waals surface area contributed by atoms with E-state index >= 15 is 0 Å². The van der Waals surface area contributed by atoms with Crippen LogP contribution in [0.3, 0.4) is 0 Å². The zero-order chi connectivity index (χ0) is 30.7. The molecule has 0 bridgehead atoms. The first-order valence-corrected chi connectivity index (χ1v) is 15.1. The Morgan fingerprint density at radius 2 is 1.67 bits per heavy atom. The van der Waals surface area contributed by atoms with Crippen LogP contribution in [0.15, 0.2) is 71.6 Å². The van der Waals surface area contributed by atoms with E-state index in [9.17, 15) is 22.4 Å². The van der Waals surface area contributed by atoms with E-state index in [1.165, 1.54) is 35.2 Å². The summed E-state index contributed by atoms with van der Waals surface area (Å²) in [7, 11) is -4.38. The molecular formula is C30H33ClFN3O6S. The standard InChI is InChI=1S/C30H33ClFN3O6S/c1-20(29(37)33-30(2,3)4)34(18-21-6-5-7-22(31)16-21)28(36)19-35(24-10-8-23(32)9-11-24)42(38,39)25-12-13-26-27(17-25)41-15-14-40-26/h5-13,16-17,20H,14-15,18-19H2,1-4H3,(H,33,37). The number of ether oxygens (including phenoxy) is 2. The molecule has 0 aliphatic carbocycles. The van der Waals surface area contributed by atoms with Crippen LogP contribution in [0, 0.1) is 5.82 Å². The average Bonchev–Trinajstić information content (AvgIpc) is 2.93. The summed E-state index contributed by atoms with van der Waals surface area (Å²) in [6, 6.07) is 14.8. The van der Waals surface area contributed by atoms with Crippen LogP contribution < -0.4 is 19.1 Å². The van der Waals surface area contributed by atoms with E-state index in [2.05, 4.69) is 5.32 Å². The molecule has 0 aromatic heterocycles. The summed E-state index contributed by atoms with van der Waals surface area (Å²) >= 11 is 6.17. The molecule has 9 nitrogen and oxygen atoms in total. The van der Waals surface area contributed by atoms with Gasteiger partial charge in [-0.3, -0.25) is 13.9 Å². The van der Waals surface area contributed by atoms with Crippen LogP contribution in [0.25, 0.3) is 0 Å². The number of anilines is 1. The first-order chi connectivity index (χ1) is 19.7. The zero-order valence-corrected chi connectivity index (χ0v) is 25.3. The van der Waals surface area contributed by atoms with Gasteiger partial charge in [0.1, 0.15) is 31.6 Å². The van der Waals surface area contributed by atoms with Crippen molar-refractivity contribution in [1.29, 1.82) is 0 Å². The van der Waals surface area contributed by atoms with Crippen LogP contribution in [0.5, 0.6) is 11.5 Å². The number of amides is 2. The highest BCUT2D eigenvalue weighted by Crippen LogP contribution is 2.34. The van der Waals surface area contributed by atoms with Crippen LogP contribution >= 0.6 is 11.6 Å². The summed E-state index contributed by atoms with van der Waals surface area (Å²) in [5.41, 5.74) is 0.140. The molecule has 0 saturated heterocycles. The summed E-state index contributed by atoms with van der Waals surface area (Å²) in [6.07, 6.45) is 0.